The van der Waals surface area contributed by atoms with Crippen molar-refractivity contribution in [1.29, 1.82) is 0 Å². The molecular weight excluding hydrogens is 372 g/mol. The largest absolute Gasteiger partial charge is 0.305 e. The zero-order valence-electron chi connectivity index (χ0n) is 14.8. The molecule has 136 valence electrons. The molecule has 0 unspecified atom stereocenters. The minimum Gasteiger partial charge on any atom is -0.305 e. The van der Waals surface area contributed by atoms with Crippen LogP contribution in [0.25, 0.3) is 28.1 Å². The van der Waals surface area contributed by atoms with E-state index in [9.17, 15) is 4.79 Å². The Hall–Kier alpha value is -3.44. The van der Waals surface area contributed by atoms with Gasteiger partial charge in [-0.3, -0.25) is 9.78 Å². The second-order valence-electron chi connectivity index (χ2n) is 6.56. The van der Waals surface area contributed by atoms with Gasteiger partial charge in [-0.2, -0.15) is 0 Å². The number of halogens is 1. The maximum Gasteiger partial charge on any atom is 0.260 e. The summed E-state index contributed by atoms with van der Waals surface area (Å²) in [6, 6.07) is 20.8. The maximum atomic E-state index is 13.0. The molecule has 28 heavy (non-hydrogen) atoms. The van der Waals surface area contributed by atoms with Gasteiger partial charge in [0.1, 0.15) is 0 Å². The minimum absolute atomic E-state index is 0.120. The highest BCUT2D eigenvalue weighted by molar-refractivity contribution is 6.30. The lowest BCUT2D eigenvalue weighted by molar-refractivity contribution is 0.834. The van der Waals surface area contributed by atoms with Crippen molar-refractivity contribution in [3.8, 4) is 11.3 Å². The Kier molecular flexibility index (Phi) is 3.95. The Morgan fingerprint density at radius 1 is 0.929 bits per heavy atom. The zero-order chi connectivity index (χ0) is 19.1. The highest BCUT2D eigenvalue weighted by atomic mass is 35.5. The molecule has 0 fully saturated rings. The summed E-state index contributed by atoms with van der Waals surface area (Å²) in [4.78, 5) is 21.9. The molecule has 0 bridgehead atoms. The van der Waals surface area contributed by atoms with Crippen molar-refractivity contribution < 1.29 is 0 Å². The number of hydrogen-bond donors (Lipinski definition) is 0. The first kappa shape index (κ1) is 16.7. The Bertz CT molecular complexity index is 1370. The van der Waals surface area contributed by atoms with Crippen LogP contribution in [0.3, 0.4) is 0 Å². The summed E-state index contributed by atoms with van der Waals surface area (Å²) in [7, 11) is 0. The number of benzene rings is 2. The molecule has 0 aliphatic heterocycles. The van der Waals surface area contributed by atoms with E-state index in [0.717, 1.165) is 22.2 Å². The van der Waals surface area contributed by atoms with Crippen LogP contribution in [0.2, 0.25) is 5.02 Å². The summed E-state index contributed by atoms with van der Waals surface area (Å²) in [6.07, 6.45) is 3.41. The van der Waals surface area contributed by atoms with E-state index in [1.54, 1.807) is 22.9 Å². The molecule has 0 saturated carbocycles. The lowest BCUT2D eigenvalue weighted by Gasteiger charge is -2.08. The molecule has 3 heterocycles. The smallest absolute Gasteiger partial charge is 0.260 e. The van der Waals surface area contributed by atoms with Gasteiger partial charge in [0.25, 0.3) is 5.56 Å². The molecule has 0 saturated heterocycles. The van der Waals surface area contributed by atoms with Gasteiger partial charge in [0, 0.05) is 29.0 Å². The number of aromatic nitrogens is 4. The Morgan fingerprint density at radius 2 is 1.79 bits per heavy atom. The first-order chi connectivity index (χ1) is 13.7. The molecule has 0 amide bonds. The molecule has 0 aliphatic rings. The highest BCUT2D eigenvalue weighted by Gasteiger charge is 2.15. The third-order valence-corrected chi connectivity index (χ3v) is 4.98. The number of nitrogens with zero attached hydrogens (tertiary/aromatic N) is 4. The zero-order valence-corrected chi connectivity index (χ0v) is 15.5. The molecule has 0 radical (unpaired) electrons. The number of para-hydroxylation sites is 2. The van der Waals surface area contributed by atoms with Gasteiger partial charge in [-0.1, -0.05) is 35.9 Å². The van der Waals surface area contributed by atoms with Gasteiger partial charge in [0.05, 0.1) is 23.3 Å². The average Bonchev–Trinajstić information content (AvgIpc) is 3.03. The van der Waals surface area contributed by atoms with Crippen LogP contribution >= 0.6 is 11.6 Å². The number of hydrogen-bond acceptors (Lipinski definition) is 3. The second kappa shape index (κ2) is 6.62. The lowest BCUT2D eigenvalue weighted by atomic mass is 10.2. The van der Waals surface area contributed by atoms with Gasteiger partial charge in [-0.25, -0.2) is 9.38 Å². The molecule has 5 nitrogen and oxygen atoms in total. The van der Waals surface area contributed by atoms with Gasteiger partial charge >= 0.3 is 0 Å². The van der Waals surface area contributed by atoms with Gasteiger partial charge in [0.15, 0.2) is 0 Å². The van der Waals surface area contributed by atoms with E-state index in [-0.39, 0.29) is 5.56 Å². The van der Waals surface area contributed by atoms with E-state index in [1.165, 1.54) is 0 Å². The standard InChI is InChI=1S/C22H15ClN4O/c23-17-7-3-5-15(11-17)14-26-19-8-1-2-9-20(19)27-21(28)12-18(25-22(26)27)16-6-4-10-24-13-16/h1-13H,14H2. The van der Waals surface area contributed by atoms with E-state index in [2.05, 4.69) is 4.98 Å². The second-order valence-corrected chi connectivity index (χ2v) is 7.00. The quantitative estimate of drug-likeness (QED) is 0.461. The summed E-state index contributed by atoms with van der Waals surface area (Å²) in [5.41, 5.74) is 4.10. The maximum absolute atomic E-state index is 13.0. The molecule has 2 aromatic carbocycles. The van der Waals surface area contributed by atoms with Gasteiger partial charge in [0.2, 0.25) is 5.78 Å². The first-order valence-electron chi connectivity index (χ1n) is 8.86. The van der Waals surface area contributed by atoms with E-state index in [1.807, 2.05) is 65.2 Å². The number of rotatable bonds is 3. The van der Waals surface area contributed by atoms with E-state index < -0.39 is 0 Å². The SMILES string of the molecule is O=c1cc(-c2cccnc2)nc2n(Cc3cccc(Cl)c3)c3ccccc3n12. The van der Waals surface area contributed by atoms with Crippen LogP contribution in [0.4, 0.5) is 0 Å². The van der Waals surface area contributed by atoms with Crippen LogP contribution in [0.15, 0.2) is 83.9 Å². The molecule has 6 heteroatoms. The first-order valence-corrected chi connectivity index (χ1v) is 9.24. The fraction of sp³-hybridized carbons (Fsp3) is 0.0455. The van der Waals surface area contributed by atoms with Crippen molar-refractivity contribution >= 4 is 28.4 Å². The van der Waals surface area contributed by atoms with E-state index in [4.69, 9.17) is 16.6 Å². The van der Waals surface area contributed by atoms with Crippen LogP contribution in [0.1, 0.15) is 5.56 Å². The van der Waals surface area contributed by atoms with Gasteiger partial charge in [-0.05, 0) is 42.0 Å². The van der Waals surface area contributed by atoms with Crippen molar-refractivity contribution in [3.05, 3.63) is 100 Å². The molecule has 3 aromatic heterocycles. The topological polar surface area (TPSA) is 52.2 Å². The van der Waals surface area contributed by atoms with Crippen molar-refractivity contribution in [2.45, 2.75) is 6.54 Å². The van der Waals surface area contributed by atoms with E-state index >= 15 is 0 Å². The average molecular weight is 387 g/mol. The number of pyridine rings is 1. The summed E-state index contributed by atoms with van der Waals surface area (Å²) in [5.74, 6) is 0.590. The predicted molar refractivity (Wildman–Crippen MR) is 111 cm³/mol. The Morgan fingerprint density at radius 3 is 2.57 bits per heavy atom. The van der Waals surface area contributed by atoms with Crippen LogP contribution < -0.4 is 5.56 Å². The van der Waals surface area contributed by atoms with Crippen LogP contribution in [0, 0.1) is 0 Å². The molecule has 0 spiro atoms. The van der Waals surface area contributed by atoms with Gasteiger partial charge in [-0.15, -0.1) is 0 Å². The van der Waals surface area contributed by atoms with Crippen molar-refractivity contribution in [2.24, 2.45) is 0 Å². The van der Waals surface area contributed by atoms with Crippen molar-refractivity contribution in [2.75, 3.05) is 0 Å². The molecule has 5 rings (SSSR count). The minimum atomic E-state index is -0.120. The van der Waals surface area contributed by atoms with Crippen LogP contribution in [-0.4, -0.2) is 18.9 Å². The summed E-state index contributed by atoms with van der Waals surface area (Å²) >= 11 is 6.16. The van der Waals surface area contributed by atoms with E-state index in [0.29, 0.717) is 23.0 Å². The number of fused-ring (bicyclic) bond motifs is 3. The summed E-state index contributed by atoms with van der Waals surface area (Å²) in [6.45, 7) is 0.556. The fourth-order valence-electron chi connectivity index (χ4n) is 3.50. The normalized spacial score (nSPS) is 11.3. The summed E-state index contributed by atoms with van der Waals surface area (Å²) < 4.78 is 3.70. The lowest BCUT2D eigenvalue weighted by Crippen LogP contribution is -2.14. The predicted octanol–water partition coefficient (Wildman–Crippen LogP) is 4.41. The Labute approximate surface area is 165 Å². The molecule has 0 atom stereocenters. The third-order valence-electron chi connectivity index (χ3n) is 4.74. The van der Waals surface area contributed by atoms with Gasteiger partial charge < -0.3 is 4.57 Å². The molecular formula is C22H15ClN4O. The molecule has 0 aliphatic carbocycles. The van der Waals surface area contributed by atoms with Crippen LogP contribution in [0.5, 0.6) is 0 Å². The third kappa shape index (κ3) is 2.77. The molecule has 5 aromatic rings. The van der Waals surface area contributed by atoms with Crippen molar-refractivity contribution in [1.82, 2.24) is 18.9 Å². The van der Waals surface area contributed by atoms with Crippen LogP contribution in [-0.2, 0) is 6.54 Å². The molecule has 0 N–H and O–H groups in total. The number of imidazole rings is 1. The monoisotopic (exact) mass is 386 g/mol. The fourth-order valence-corrected chi connectivity index (χ4v) is 3.72. The summed E-state index contributed by atoms with van der Waals surface area (Å²) in [5, 5.41) is 0.680. The highest BCUT2D eigenvalue weighted by Crippen LogP contribution is 2.23. The Balaban J connectivity index is 1.81. The van der Waals surface area contributed by atoms with Crippen molar-refractivity contribution in [3.63, 3.8) is 0 Å².